The number of hydrogen-bond donors (Lipinski definition) is 2. The van der Waals surface area contributed by atoms with Gasteiger partial charge in [0, 0.05) is 19.1 Å². The van der Waals surface area contributed by atoms with E-state index in [9.17, 15) is 8.42 Å². The molecule has 6 heteroatoms. The minimum absolute atomic E-state index is 0.156. The van der Waals surface area contributed by atoms with Crippen LogP contribution in [0.2, 0.25) is 5.02 Å². The van der Waals surface area contributed by atoms with E-state index >= 15 is 0 Å². The standard InChI is InChI=1S/C15H25ClN2O2S/c1-4-5-6-9-18-21(19,20)15-10-13(7-8-14(15)16)11-17-12(2)3/h7-8,10,12,17-18H,4-6,9,11H2,1-3H3. The molecule has 2 N–H and O–H groups in total. The van der Waals surface area contributed by atoms with Crippen LogP contribution in [0.15, 0.2) is 23.1 Å². The third kappa shape index (κ3) is 6.34. The van der Waals surface area contributed by atoms with Crippen molar-refractivity contribution in [2.75, 3.05) is 6.54 Å². The van der Waals surface area contributed by atoms with Crippen LogP contribution in [-0.2, 0) is 16.6 Å². The number of hydrogen-bond acceptors (Lipinski definition) is 3. The van der Waals surface area contributed by atoms with E-state index in [0.717, 1.165) is 24.8 Å². The highest BCUT2D eigenvalue weighted by Gasteiger charge is 2.17. The third-order valence-corrected chi connectivity index (χ3v) is 5.01. The van der Waals surface area contributed by atoms with Crippen LogP contribution in [-0.4, -0.2) is 21.0 Å². The molecule has 0 saturated carbocycles. The second-order valence-corrected chi connectivity index (χ2v) is 7.55. The van der Waals surface area contributed by atoms with E-state index in [1.165, 1.54) is 0 Å². The lowest BCUT2D eigenvalue weighted by atomic mass is 10.2. The molecule has 1 aromatic carbocycles. The van der Waals surface area contributed by atoms with Gasteiger partial charge in [0.15, 0.2) is 0 Å². The fourth-order valence-electron chi connectivity index (χ4n) is 1.84. The number of nitrogens with one attached hydrogen (secondary N) is 2. The lowest BCUT2D eigenvalue weighted by Crippen LogP contribution is -2.26. The first kappa shape index (κ1) is 18.4. The fraction of sp³-hybridized carbons (Fsp3) is 0.600. The highest BCUT2D eigenvalue weighted by molar-refractivity contribution is 7.89. The summed E-state index contributed by atoms with van der Waals surface area (Å²) in [6.07, 6.45) is 2.90. The van der Waals surface area contributed by atoms with E-state index < -0.39 is 10.0 Å². The second-order valence-electron chi connectivity index (χ2n) is 5.41. The molecule has 0 amide bonds. The molecule has 0 aliphatic rings. The third-order valence-electron chi connectivity index (χ3n) is 3.07. The first-order chi connectivity index (χ1) is 9.86. The van der Waals surface area contributed by atoms with Crippen molar-refractivity contribution in [2.45, 2.75) is 57.5 Å². The molecule has 0 aromatic heterocycles. The van der Waals surface area contributed by atoms with Crippen molar-refractivity contribution in [3.8, 4) is 0 Å². The molecule has 1 aromatic rings. The van der Waals surface area contributed by atoms with Crippen molar-refractivity contribution in [1.82, 2.24) is 10.0 Å². The Labute approximate surface area is 133 Å². The molecule has 21 heavy (non-hydrogen) atoms. The molecule has 0 heterocycles. The first-order valence-electron chi connectivity index (χ1n) is 7.38. The van der Waals surface area contributed by atoms with Crippen molar-refractivity contribution in [3.63, 3.8) is 0 Å². The van der Waals surface area contributed by atoms with Crippen molar-refractivity contribution in [1.29, 1.82) is 0 Å². The minimum atomic E-state index is -3.54. The van der Waals surface area contributed by atoms with Crippen molar-refractivity contribution >= 4 is 21.6 Å². The van der Waals surface area contributed by atoms with Gasteiger partial charge in [-0.15, -0.1) is 0 Å². The summed E-state index contributed by atoms with van der Waals surface area (Å²) in [6.45, 7) is 7.23. The van der Waals surface area contributed by atoms with Gasteiger partial charge < -0.3 is 5.32 Å². The number of benzene rings is 1. The summed E-state index contributed by atoms with van der Waals surface area (Å²) < 4.78 is 27.2. The Kier molecular flexibility index (Phi) is 7.66. The highest BCUT2D eigenvalue weighted by Crippen LogP contribution is 2.22. The fourth-order valence-corrected chi connectivity index (χ4v) is 3.47. The second kappa shape index (κ2) is 8.73. The monoisotopic (exact) mass is 332 g/mol. The quantitative estimate of drug-likeness (QED) is 0.682. The van der Waals surface area contributed by atoms with E-state index in [-0.39, 0.29) is 9.92 Å². The predicted molar refractivity (Wildman–Crippen MR) is 88.1 cm³/mol. The van der Waals surface area contributed by atoms with Crippen molar-refractivity contribution in [2.24, 2.45) is 0 Å². The molecule has 0 spiro atoms. The average Bonchev–Trinajstić information content (AvgIpc) is 2.42. The molecule has 0 bridgehead atoms. The van der Waals surface area contributed by atoms with E-state index in [2.05, 4.69) is 17.0 Å². The topological polar surface area (TPSA) is 58.2 Å². The smallest absolute Gasteiger partial charge is 0.242 e. The predicted octanol–water partition coefficient (Wildman–Crippen LogP) is 3.31. The number of unbranched alkanes of at least 4 members (excludes halogenated alkanes) is 2. The summed E-state index contributed by atoms with van der Waals surface area (Å²) in [7, 11) is -3.54. The largest absolute Gasteiger partial charge is 0.310 e. The Morgan fingerprint density at radius 1 is 1.24 bits per heavy atom. The SMILES string of the molecule is CCCCCNS(=O)(=O)c1cc(CNC(C)C)ccc1Cl. The summed E-state index contributed by atoms with van der Waals surface area (Å²) >= 11 is 6.04. The summed E-state index contributed by atoms with van der Waals surface area (Å²) in [5.74, 6) is 0. The molecule has 120 valence electrons. The Balaban J connectivity index is 2.81. The van der Waals surface area contributed by atoms with Gasteiger partial charge in [0.2, 0.25) is 10.0 Å². The van der Waals surface area contributed by atoms with E-state index in [1.807, 2.05) is 19.9 Å². The molecule has 0 fully saturated rings. The van der Waals surface area contributed by atoms with Crippen LogP contribution in [0.3, 0.4) is 0 Å². The Morgan fingerprint density at radius 2 is 1.95 bits per heavy atom. The van der Waals surface area contributed by atoms with Gasteiger partial charge in [0.25, 0.3) is 0 Å². The van der Waals surface area contributed by atoms with Crippen LogP contribution in [0.25, 0.3) is 0 Å². The maximum Gasteiger partial charge on any atom is 0.242 e. The normalized spacial score (nSPS) is 12.0. The molecule has 0 aliphatic carbocycles. The molecule has 0 unspecified atom stereocenters. The number of rotatable bonds is 9. The van der Waals surface area contributed by atoms with Gasteiger partial charge in [0.05, 0.1) is 5.02 Å². The van der Waals surface area contributed by atoms with Gasteiger partial charge in [0.1, 0.15) is 4.90 Å². The van der Waals surface area contributed by atoms with Gasteiger partial charge in [-0.25, -0.2) is 13.1 Å². The summed E-state index contributed by atoms with van der Waals surface area (Å²) in [5, 5.41) is 3.52. The zero-order valence-corrected chi connectivity index (χ0v) is 14.5. The van der Waals surface area contributed by atoms with Crippen molar-refractivity contribution < 1.29 is 8.42 Å². The van der Waals surface area contributed by atoms with Crippen LogP contribution >= 0.6 is 11.6 Å². The maximum absolute atomic E-state index is 12.3. The van der Waals surface area contributed by atoms with Gasteiger partial charge >= 0.3 is 0 Å². The summed E-state index contributed by atoms with van der Waals surface area (Å²) in [6, 6.07) is 5.46. The molecule has 0 atom stereocenters. The molecule has 1 rings (SSSR count). The van der Waals surface area contributed by atoms with E-state index in [4.69, 9.17) is 11.6 Å². The molecule has 0 radical (unpaired) electrons. The van der Waals surface area contributed by atoms with E-state index in [0.29, 0.717) is 19.1 Å². The van der Waals surface area contributed by atoms with Crippen LogP contribution in [0, 0.1) is 0 Å². The van der Waals surface area contributed by atoms with Gasteiger partial charge in [-0.3, -0.25) is 0 Å². The Hall–Kier alpha value is -0.620. The molecule has 0 aliphatic heterocycles. The van der Waals surface area contributed by atoms with Crippen LogP contribution in [0.1, 0.15) is 45.6 Å². The lowest BCUT2D eigenvalue weighted by Gasteiger charge is -2.12. The maximum atomic E-state index is 12.3. The minimum Gasteiger partial charge on any atom is -0.310 e. The first-order valence-corrected chi connectivity index (χ1v) is 9.24. The zero-order valence-electron chi connectivity index (χ0n) is 12.9. The van der Waals surface area contributed by atoms with Crippen LogP contribution in [0.4, 0.5) is 0 Å². The highest BCUT2D eigenvalue weighted by atomic mass is 35.5. The van der Waals surface area contributed by atoms with Gasteiger partial charge in [-0.05, 0) is 24.1 Å². The van der Waals surface area contributed by atoms with Crippen LogP contribution in [0.5, 0.6) is 0 Å². The van der Waals surface area contributed by atoms with Gasteiger partial charge in [-0.2, -0.15) is 0 Å². The van der Waals surface area contributed by atoms with Crippen molar-refractivity contribution in [3.05, 3.63) is 28.8 Å². The van der Waals surface area contributed by atoms with Gasteiger partial charge in [-0.1, -0.05) is 51.3 Å². The number of sulfonamides is 1. The Morgan fingerprint density at radius 3 is 2.57 bits per heavy atom. The van der Waals surface area contributed by atoms with E-state index in [1.54, 1.807) is 12.1 Å². The molecular weight excluding hydrogens is 308 g/mol. The Bertz CT molecular complexity index is 545. The molecule has 4 nitrogen and oxygen atoms in total. The number of halogens is 1. The van der Waals surface area contributed by atoms with Crippen LogP contribution < -0.4 is 10.0 Å². The molecular formula is C15H25ClN2O2S. The summed E-state index contributed by atoms with van der Waals surface area (Å²) in [5.41, 5.74) is 0.905. The molecule has 0 saturated heterocycles. The summed E-state index contributed by atoms with van der Waals surface area (Å²) in [4.78, 5) is 0.156. The lowest BCUT2D eigenvalue weighted by molar-refractivity contribution is 0.574. The zero-order chi connectivity index (χ0) is 15.9. The average molecular weight is 333 g/mol.